The molecule has 35 heavy (non-hydrogen) atoms. The van der Waals surface area contributed by atoms with Gasteiger partial charge in [-0.05, 0) is 36.2 Å². The summed E-state index contributed by atoms with van der Waals surface area (Å²) in [4.78, 5) is 17.0. The SMILES string of the molecule is C[C@](Cc1c[nH]c2ccccc12)(NCc1cc2ccccc2o1)C(=O)N[C@@H](CO)c1ccccc1. The Hall–Kier alpha value is -3.87. The summed E-state index contributed by atoms with van der Waals surface area (Å²) in [6.07, 6.45) is 2.41. The van der Waals surface area contributed by atoms with Crippen LogP contribution in [-0.2, 0) is 17.8 Å². The van der Waals surface area contributed by atoms with Gasteiger partial charge in [-0.25, -0.2) is 0 Å². The third-order valence-electron chi connectivity index (χ3n) is 6.54. The van der Waals surface area contributed by atoms with E-state index in [1.54, 1.807) is 0 Å². The van der Waals surface area contributed by atoms with Crippen LogP contribution in [0.4, 0.5) is 0 Å². The molecule has 0 radical (unpaired) electrons. The highest BCUT2D eigenvalue weighted by Crippen LogP contribution is 2.25. The fourth-order valence-corrected chi connectivity index (χ4v) is 4.53. The van der Waals surface area contributed by atoms with Crippen molar-refractivity contribution < 1.29 is 14.3 Å². The van der Waals surface area contributed by atoms with E-state index < -0.39 is 11.6 Å². The van der Waals surface area contributed by atoms with E-state index in [1.807, 2.05) is 92.0 Å². The molecule has 6 nitrogen and oxygen atoms in total. The number of nitrogens with one attached hydrogen (secondary N) is 3. The summed E-state index contributed by atoms with van der Waals surface area (Å²) in [6.45, 7) is 2.09. The Morgan fingerprint density at radius 2 is 1.77 bits per heavy atom. The van der Waals surface area contributed by atoms with Crippen molar-refractivity contribution in [3.05, 3.63) is 108 Å². The van der Waals surface area contributed by atoms with E-state index in [1.165, 1.54) is 0 Å². The van der Waals surface area contributed by atoms with Crippen LogP contribution in [0.15, 0.2) is 95.5 Å². The lowest BCUT2D eigenvalue weighted by Gasteiger charge is -2.31. The standard InChI is InChI=1S/C29H29N3O3/c1-29(16-22-17-30-25-13-7-6-12-24(22)25,28(34)32-26(19-33)20-9-3-2-4-10-20)31-18-23-15-21-11-5-8-14-27(21)35-23/h2-15,17,26,30-31,33H,16,18-19H2,1H3,(H,32,34)/t26-,29+/m0/s1. The number of H-pyrrole nitrogens is 1. The van der Waals surface area contributed by atoms with Gasteiger partial charge in [0.25, 0.3) is 0 Å². The van der Waals surface area contributed by atoms with Gasteiger partial charge in [0.2, 0.25) is 5.91 Å². The van der Waals surface area contributed by atoms with Gasteiger partial charge in [-0.3, -0.25) is 10.1 Å². The lowest BCUT2D eigenvalue weighted by Crippen LogP contribution is -2.56. The summed E-state index contributed by atoms with van der Waals surface area (Å²) in [5.74, 6) is 0.563. The number of carbonyl (C=O) groups excluding carboxylic acids is 1. The second-order valence-electron chi connectivity index (χ2n) is 9.09. The van der Waals surface area contributed by atoms with Crippen molar-refractivity contribution in [3.8, 4) is 0 Å². The minimum absolute atomic E-state index is 0.192. The predicted molar refractivity (Wildman–Crippen MR) is 138 cm³/mol. The molecule has 0 spiro atoms. The van der Waals surface area contributed by atoms with Crippen LogP contribution in [0.3, 0.4) is 0 Å². The lowest BCUT2D eigenvalue weighted by atomic mass is 9.90. The Kier molecular flexibility index (Phi) is 6.40. The number of amides is 1. The number of aromatic amines is 1. The second-order valence-corrected chi connectivity index (χ2v) is 9.09. The van der Waals surface area contributed by atoms with Crippen LogP contribution in [0, 0.1) is 0 Å². The molecule has 4 N–H and O–H groups in total. The number of carbonyl (C=O) groups is 1. The van der Waals surface area contributed by atoms with Crippen LogP contribution in [0.25, 0.3) is 21.9 Å². The van der Waals surface area contributed by atoms with E-state index in [0.29, 0.717) is 13.0 Å². The number of rotatable bonds is 9. The first-order valence-electron chi connectivity index (χ1n) is 11.8. The van der Waals surface area contributed by atoms with Crippen LogP contribution in [0.1, 0.15) is 29.9 Å². The van der Waals surface area contributed by atoms with Gasteiger partial charge in [0, 0.05) is 28.9 Å². The molecule has 0 aliphatic carbocycles. The molecule has 5 aromatic rings. The third kappa shape index (κ3) is 4.85. The quantitative estimate of drug-likeness (QED) is 0.249. The number of hydrogen-bond acceptors (Lipinski definition) is 4. The first-order chi connectivity index (χ1) is 17.1. The number of para-hydroxylation sites is 2. The van der Waals surface area contributed by atoms with Crippen molar-refractivity contribution in [3.63, 3.8) is 0 Å². The van der Waals surface area contributed by atoms with Crippen LogP contribution in [0.2, 0.25) is 0 Å². The summed E-state index contributed by atoms with van der Waals surface area (Å²) >= 11 is 0. The highest BCUT2D eigenvalue weighted by atomic mass is 16.3. The van der Waals surface area contributed by atoms with Crippen molar-refractivity contribution in [2.75, 3.05) is 6.61 Å². The Morgan fingerprint density at radius 3 is 2.57 bits per heavy atom. The molecule has 0 bridgehead atoms. The van der Waals surface area contributed by atoms with E-state index in [9.17, 15) is 9.90 Å². The highest BCUT2D eigenvalue weighted by Gasteiger charge is 2.35. The lowest BCUT2D eigenvalue weighted by molar-refractivity contribution is -0.128. The van der Waals surface area contributed by atoms with Gasteiger partial charge in [0.15, 0.2) is 0 Å². The molecule has 1 amide bonds. The van der Waals surface area contributed by atoms with Gasteiger partial charge in [0.1, 0.15) is 11.3 Å². The third-order valence-corrected chi connectivity index (χ3v) is 6.54. The smallest absolute Gasteiger partial charge is 0.240 e. The number of aromatic nitrogens is 1. The van der Waals surface area contributed by atoms with Gasteiger partial charge in [-0.1, -0.05) is 66.7 Å². The first-order valence-corrected chi connectivity index (χ1v) is 11.8. The Bertz CT molecular complexity index is 1410. The Balaban J connectivity index is 1.42. The molecule has 0 aliphatic rings. The van der Waals surface area contributed by atoms with E-state index in [0.717, 1.165) is 38.8 Å². The largest absolute Gasteiger partial charge is 0.460 e. The van der Waals surface area contributed by atoms with Gasteiger partial charge in [-0.2, -0.15) is 0 Å². The number of fused-ring (bicyclic) bond motifs is 2. The number of aliphatic hydroxyl groups is 1. The minimum Gasteiger partial charge on any atom is -0.460 e. The molecule has 2 atom stereocenters. The van der Waals surface area contributed by atoms with Crippen LogP contribution < -0.4 is 10.6 Å². The summed E-state index contributed by atoms with van der Waals surface area (Å²) in [5, 5.41) is 18.6. The zero-order valence-corrected chi connectivity index (χ0v) is 19.6. The molecular weight excluding hydrogens is 438 g/mol. The molecule has 0 saturated carbocycles. The predicted octanol–water partition coefficient (Wildman–Crippen LogP) is 4.85. The maximum Gasteiger partial charge on any atom is 0.240 e. The fourth-order valence-electron chi connectivity index (χ4n) is 4.53. The molecule has 0 aliphatic heterocycles. The van der Waals surface area contributed by atoms with Crippen LogP contribution in [0.5, 0.6) is 0 Å². The summed E-state index contributed by atoms with van der Waals surface area (Å²) < 4.78 is 5.98. The Morgan fingerprint density at radius 1 is 1.03 bits per heavy atom. The van der Waals surface area contributed by atoms with Crippen molar-refractivity contribution >= 4 is 27.8 Å². The second kappa shape index (κ2) is 9.78. The average molecular weight is 468 g/mol. The topological polar surface area (TPSA) is 90.3 Å². The molecule has 5 rings (SSSR count). The minimum atomic E-state index is -0.966. The molecule has 0 fully saturated rings. The number of aliphatic hydroxyl groups excluding tert-OH is 1. The monoisotopic (exact) mass is 467 g/mol. The van der Waals surface area contributed by atoms with Gasteiger partial charge in [0.05, 0.1) is 24.7 Å². The molecule has 0 saturated heterocycles. The maximum absolute atomic E-state index is 13.7. The maximum atomic E-state index is 13.7. The number of furan rings is 1. The first kappa shape index (κ1) is 22.9. The molecule has 6 heteroatoms. The normalized spacial score (nSPS) is 14.1. The van der Waals surface area contributed by atoms with Crippen molar-refractivity contribution in [1.29, 1.82) is 0 Å². The summed E-state index contributed by atoms with van der Waals surface area (Å²) in [5.41, 5.74) is 2.77. The molecule has 2 heterocycles. The van der Waals surface area contributed by atoms with Crippen LogP contribution in [-0.4, -0.2) is 28.1 Å². The number of benzene rings is 3. The zero-order valence-electron chi connectivity index (χ0n) is 19.6. The summed E-state index contributed by atoms with van der Waals surface area (Å²) in [7, 11) is 0. The molecule has 0 unspecified atom stereocenters. The molecule has 2 aromatic heterocycles. The highest BCUT2D eigenvalue weighted by molar-refractivity contribution is 5.89. The van der Waals surface area contributed by atoms with E-state index in [4.69, 9.17) is 4.42 Å². The van der Waals surface area contributed by atoms with Crippen molar-refractivity contribution in [2.24, 2.45) is 0 Å². The average Bonchev–Trinajstić information content (AvgIpc) is 3.50. The van der Waals surface area contributed by atoms with E-state index in [-0.39, 0.29) is 12.5 Å². The fraction of sp³-hybridized carbons (Fsp3) is 0.207. The van der Waals surface area contributed by atoms with Crippen LogP contribution >= 0.6 is 0 Å². The molecule has 178 valence electrons. The van der Waals surface area contributed by atoms with E-state index >= 15 is 0 Å². The van der Waals surface area contributed by atoms with Gasteiger partial charge >= 0.3 is 0 Å². The van der Waals surface area contributed by atoms with E-state index in [2.05, 4.69) is 21.7 Å². The Labute approximate surface area is 204 Å². The zero-order chi connectivity index (χ0) is 24.3. The van der Waals surface area contributed by atoms with Crippen molar-refractivity contribution in [1.82, 2.24) is 15.6 Å². The molecule has 3 aromatic carbocycles. The van der Waals surface area contributed by atoms with Gasteiger partial charge in [-0.15, -0.1) is 0 Å². The molecular formula is C29H29N3O3. The van der Waals surface area contributed by atoms with Gasteiger partial charge < -0.3 is 19.8 Å². The number of hydrogen-bond donors (Lipinski definition) is 4. The van der Waals surface area contributed by atoms with Crippen molar-refractivity contribution in [2.45, 2.75) is 31.5 Å². The summed E-state index contributed by atoms with van der Waals surface area (Å²) in [6, 6.07) is 26.9.